The molecule has 10 heteroatoms. The predicted molar refractivity (Wildman–Crippen MR) is 219 cm³/mol. The van der Waals surface area contributed by atoms with E-state index in [-0.39, 0.29) is 35.4 Å². The summed E-state index contributed by atoms with van der Waals surface area (Å²) in [6, 6.07) is 17.3. The summed E-state index contributed by atoms with van der Waals surface area (Å²) in [7, 11) is -9.17. The van der Waals surface area contributed by atoms with Gasteiger partial charge in [-0.25, -0.2) is 0 Å². The maximum absolute atomic E-state index is 12.8. The topological polar surface area (TPSA) is 149 Å². The second-order valence-electron chi connectivity index (χ2n) is 14.1. The molecule has 4 aromatic carbocycles. The van der Waals surface area contributed by atoms with E-state index in [1.54, 1.807) is 31.2 Å². The van der Waals surface area contributed by atoms with E-state index in [0.717, 1.165) is 35.1 Å². The fourth-order valence-corrected chi connectivity index (χ4v) is 9.78. The zero-order chi connectivity index (χ0) is 40.2. The number of hydrogen-bond acceptors (Lipinski definition) is 6. The number of rotatable bonds is 14. The van der Waals surface area contributed by atoms with Crippen molar-refractivity contribution in [2.75, 3.05) is 0 Å². The molecule has 1 aliphatic rings. The molecule has 0 atom stereocenters. The minimum atomic E-state index is -4.67. The summed E-state index contributed by atoms with van der Waals surface area (Å²) in [6.07, 6.45) is 9.80. The van der Waals surface area contributed by atoms with Crippen LogP contribution in [0.3, 0.4) is 0 Å². The Kier molecular flexibility index (Phi) is 13.1. The Hall–Kier alpha value is -4.29. The summed E-state index contributed by atoms with van der Waals surface area (Å²) in [4.78, 5) is -0.0934. The lowest BCUT2D eigenvalue weighted by Gasteiger charge is -2.21. The average Bonchev–Trinajstić information content (AvgIpc) is 3.15. The van der Waals surface area contributed by atoms with E-state index in [9.17, 15) is 36.2 Å². The number of allylic oxidation sites excluding steroid dienone is 3. The van der Waals surface area contributed by atoms with Crippen molar-refractivity contribution in [2.45, 2.75) is 98.2 Å². The molecule has 0 spiro atoms. The van der Waals surface area contributed by atoms with Gasteiger partial charge < -0.3 is 10.2 Å². The minimum Gasteiger partial charge on any atom is -0.392 e. The van der Waals surface area contributed by atoms with Gasteiger partial charge in [0.2, 0.25) is 0 Å². The summed E-state index contributed by atoms with van der Waals surface area (Å²) < 4.78 is 71.1. The van der Waals surface area contributed by atoms with Gasteiger partial charge in [-0.05, 0) is 138 Å². The van der Waals surface area contributed by atoms with Gasteiger partial charge >= 0.3 is 10.1 Å². The second kappa shape index (κ2) is 17.2. The van der Waals surface area contributed by atoms with E-state index < -0.39 is 20.2 Å². The van der Waals surface area contributed by atoms with Gasteiger partial charge in [-0.3, -0.25) is 9.11 Å². The summed E-state index contributed by atoms with van der Waals surface area (Å²) in [5, 5.41) is 21.2. The van der Waals surface area contributed by atoms with Crippen LogP contribution < -0.4 is 0 Å². The molecule has 0 amide bonds. The Balaban J connectivity index is 1.70. The van der Waals surface area contributed by atoms with Crippen LogP contribution in [0.4, 0.5) is 0 Å². The predicted octanol–water partition coefficient (Wildman–Crippen LogP) is 8.31. The lowest BCUT2D eigenvalue weighted by Crippen LogP contribution is -2.15. The van der Waals surface area contributed by atoms with Gasteiger partial charge in [0.1, 0.15) is 10.5 Å². The zero-order valence-corrected chi connectivity index (χ0v) is 34.0. The highest BCUT2D eigenvalue weighted by Gasteiger charge is 2.36. The number of aliphatic hydroxyl groups is 2. The Labute approximate surface area is 326 Å². The van der Waals surface area contributed by atoms with Crippen LogP contribution in [0.1, 0.15) is 106 Å². The molecule has 0 saturated carbocycles. The van der Waals surface area contributed by atoms with Crippen molar-refractivity contribution in [1.82, 2.24) is 0 Å². The van der Waals surface area contributed by atoms with Crippen molar-refractivity contribution >= 4 is 25.8 Å². The monoisotopic (exact) mass is 783 g/mol. The van der Waals surface area contributed by atoms with E-state index in [4.69, 9.17) is 0 Å². The average molecular weight is 784 g/mol. The normalized spacial score (nSPS) is 14.2. The van der Waals surface area contributed by atoms with Gasteiger partial charge in [0, 0.05) is 35.4 Å². The standard InChI is InChI=1S/C45H50O8S2/c1-7-30-19-28(5)20-31(8-2)41(30)24-33-15-17-35(22-37(33)26-46)44(40-13-11-12-14-43(40)54(48,49)50)36-18-16-34(38(23-36)27-47)25-42-32(9-3)21-29(6)45(39(42)10-4)55(51,52)53/h11-23,46-47H,7-10,24-27H2,1-6H3,(H-,48,49,50,51,52,53)/p+1. The van der Waals surface area contributed by atoms with Gasteiger partial charge in [0.25, 0.3) is 10.1 Å². The summed E-state index contributed by atoms with van der Waals surface area (Å²) in [5.74, 6) is 0. The Morgan fingerprint density at radius 1 is 0.600 bits per heavy atom. The van der Waals surface area contributed by atoms with Gasteiger partial charge in [0.05, 0.1) is 18.8 Å². The van der Waals surface area contributed by atoms with Crippen molar-refractivity contribution in [2.24, 2.45) is 0 Å². The summed E-state index contributed by atoms with van der Waals surface area (Å²) in [5.41, 5.74) is 12.4. The van der Waals surface area contributed by atoms with Crippen LogP contribution in [0.5, 0.6) is 0 Å². The van der Waals surface area contributed by atoms with Crippen LogP contribution in [0.25, 0.3) is 5.57 Å². The van der Waals surface area contributed by atoms with Crippen molar-refractivity contribution in [3.05, 3.63) is 168 Å². The first-order valence-electron chi connectivity index (χ1n) is 18.7. The molecule has 0 aromatic heterocycles. The molecule has 1 aliphatic carbocycles. The molecule has 8 nitrogen and oxygen atoms in total. The Morgan fingerprint density at radius 3 is 1.56 bits per heavy atom. The number of benzene rings is 4. The third kappa shape index (κ3) is 8.91. The van der Waals surface area contributed by atoms with E-state index in [2.05, 4.69) is 32.9 Å². The molecule has 0 unspecified atom stereocenters. The maximum Gasteiger partial charge on any atom is 0.331 e. The van der Waals surface area contributed by atoms with E-state index >= 15 is 0 Å². The van der Waals surface area contributed by atoms with Gasteiger partial charge in [0.15, 0.2) is 5.25 Å². The summed E-state index contributed by atoms with van der Waals surface area (Å²) >= 11 is 0. The van der Waals surface area contributed by atoms with Crippen LogP contribution in [0.15, 0.2) is 89.4 Å². The molecule has 5 rings (SSSR count). The first kappa shape index (κ1) is 41.9. The number of aliphatic hydroxyl groups excluding tert-OH is 2. The molecule has 0 aliphatic heterocycles. The first-order valence-corrected chi connectivity index (χ1v) is 21.6. The molecule has 0 fully saturated rings. The van der Waals surface area contributed by atoms with Gasteiger partial charge in [-0.2, -0.15) is 16.8 Å². The highest BCUT2D eigenvalue weighted by Crippen LogP contribution is 2.39. The molecular formula is C45H51O8S2+. The molecule has 0 radical (unpaired) electrons. The van der Waals surface area contributed by atoms with E-state index in [1.165, 1.54) is 34.4 Å². The van der Waals surface area contributed by atoms with Gasteiger partial charge in [-0.1, -0.05) is 63.6 Å². The molecule has 0 heterocycles. The third-order valence-corrected chi connectivity index (χ3v) is 12.6. The molecule has 4 aromatic rings. The van der Waals surface area contributed by atoms with Crippen LogP contribution in [0, 0.1) is 19.1 Å². The lowest BCUT2D eigenvalue weighted by molar-refractivity contribution is 0.280. The van der Waals surface area contributed by atoms with Crippen molar-refractivity contribution in [3.63, 3.8) is 0 Å². The first-order chi connectivity index (χ1) is 26.1. The molecule has 4 N–H and O–H groups in total. The highest BCUT2D eigenvalue weighted by molar-refractivity contribution is 7.89. The molecule has 0 bridgehead atoms. The van der Waals surface area contributed by atoms with Crippen molar-refractivity contribution < 1.29 is 36.2 Å². The minimum absolute atomic E-state index is 0.0934. The number of hydrogen-bond donors (Lipinski definition) is 4. The SMILES string of the molecule is CCc1cc(C)cc(CC)c1Cc1ccc(C(=C2C=CC=C[C+]2S(=O)(=O)O)c2ccc(Cc3c(CC)cc(C)c(S(=O)(=O)O)c3CC)c(CO)c2)cc1CO. The smallest absolute Gasteiger partial charge is 0.331 e. The van der Waals surface area contributed by atoms with E-state index in [0.29, 0.717) is 58.2 Å². The van der Waals surface area contributed by atoms with Crippen LogP contribution >= 0.6 is 0 Å². The van der Waals surface area contributed by atoms with Crippen LogP contribution in [-0.2, 0) is 72.0 Å². The zero-order valence-electron chi connectivity index (χ0n) is 32.4. The maximum atomic E-state index is 12.8. The van der Waals surface area contributed by atoms with Crippen LogP contribution in [-0.4, -0.2) is 36.2 Å². The van der Waals surface area contributed by atoms with Crippen molar-refractivity contribution in [1.29, 1.82) is 0 Å². The summed E-state index contributed by atoms with van der Waals surface area (Å²) in [6.45, 7) is 11.2. The molecule has 55 heavy (non-hydrogen) atoms. The second-order valence-corrected chi connectivity index (χ2v) is 16.8. The number of aryl methyl sites for hydroxylation is 5. The quantitative estimate of drug-likeness (QED) is 0.0737. The Morgan fingerprint density at radius 2 is 1.11 bits per heavy atom. The Bertz CT molecular complexity index is 2390. The molecular weight excluding hydrogens is 733 g/mol. The molecule has 0 saturated heterocycles. The van der Waals surface area contributed by atoms with Crippen molar-refractivity contribution in [3.8, 4) is 0 Å². The third-order valence-electron chi connectivity index (χ3n) is 10.6. The van der Waals surface area contributed by atoms with Crippen LogP contribution in [0.2, 0.25) is 0 Å². The lowest BCUT2D eigenvalue weighted by atomic mass is 9.84. The fraction of sp³-hybridized carbons (Fsp3) is 0.311. The molecule has 290 valence electrons. The largest absolute Gasteiger partial charge is 0.392 e. The fourth-order valence-electron chi connectivity index (χ4n) is 8.04. The van der Waals surface area contributed by atoms with E-state index in [1.807, 2.05) is 44.2 Å². The van der Waals surface area contributed by atoms with Gasteiger partial charge in [-0.15, -0.1) is 0 Å². The highest BCUT2D eigenvalue weighted by atomic mass is 32.2.